The molecule has 1 aliphatic carbocycles. The molecule has 138 valence electrons. The van der Waals surface area contributed by atoms with Crippen LogP contribution in [0.25, 0.3) is 5.65 Å². The van der Waals surface area contributed by atoms with E-state index in [1.54, 1.807) is 41.8 Å². The summed E-state index contributed by atoms with van der Waals surface area (Å²) >= 11 is 6.05. The van der Waals surface area contributed by atoms with Crippen LogP contribution in [-0.2, 0) is 11.2 Å². The average Bonchev–Trinajstić information content (AvgIpc) is 3.36. The topological polar surface area (TPSA) is 75.5 Å². The third-order valence-electron chi connectivity index (χ3n) is 4.49. The highest BCUT2D eigenvalue weighted by Crippen LogP contribution is 2.20. The molecular weight excluding hydrogens is 364 g/mol. The Labute approximate surface area is 161 Å². The summed E-state index contributed by atoms with van der Waals surface area (Å²) in [6.45, 7) is 1.79. The maximum absolute atomic E-state index is 12.7. The Balaban J connectivity index is 1.47. The van der Waals surface area contributed by atoms with Gasteiger partial charge in [0.15, 0.2) is 0 Å². The largest absolute Gasteiger partial charge is 0.353 e. The summed E-state index contributed by atoms with van der Waals surface area (Å²) in [7, 11) is 0. The van der Waals surface area contributed by atoms with Crippen molar-refractivity contribution in [3.63, 3.8) is 0 Å². The molecule has 0 bridgehead atoms. The van der Waals surface area contributed by atoms with Gasteiger partial charge in [-0.05, 0) is 49.6 Å². The maximum atomic E-state index is 12.7. The van der Waals surface area contributed by atoms with Crippen molar-refractivity contribution in [2.75, 3.05) is 5.32 Å². The van der Waals surface area contributed by atoms with Crippen LogP contribution in [0.3, 0.4) is 0 Å². The Morgan fingerprint density at radius 1 is 1.19 bits per heavy atom. The fourth-order valence-corrected chi connectivity index (χ4v) is 3.16. The second-order valence-corrected chi connectivity index (χ2v) is 7.23. The molecule has 1 aromatic carbocycles. The highest BCUT2D eigenvalue weighted by Gasteiger charge is 2.23. The van der Waals surface area contributed by atoms with E-state index in [1.165, 1.54) is 0 Å². The van der Waals surface area contributed by atoms with Gasteiger partial charge in [0.05, 0.1) is 17.1 Å². The number of hydrogen-bond acceptors (Lipinski definition) is 3. The number of carbonyl (C=O) groups is 2. The van der Waals surface area contributed by atoms with E-state index in [4.69, 9.17) is 11.6 Å². The van der Waals surface area contributed by atoms with Crippen molar-refractivity contribution in [2.24, 2.45) is 0 Å². The summed E-state index contributed by atoms with van der Waals surface area (Å²) in [5, 5.41) is 6.37. The highest BCUT2D eigenvalue weighted by atomic mass is 35.5. The first kappa shape index (κ1) is 17.5. The van der Waals surface area contributed by atoms with Crippen LogP contribution in [0.5, 0.6) is 0 Å². The Morgan fingerprint density at radius 2 is 1.93 bits per heavy atom. The third-order valence-corrected chi connectivity index (χ3v) is 4.71. The molecule has 7 heteroatoms. The van der Waals surface area contributed by atoms with Crippen LogP contribution in [0, 0.1) is 6.92 Å². The molecule has 0 saturated heterocycles. The third kappa shape index (κ3) is 3.95. The van der Waals surface area contributed by atoms with Gasteiger partial charge in [-0.3, -0.25) is 14.0 Å². The smallest absolute Gasteiger partial charge is 0.274 e. The molecule has 3 aromatic rings. The van der Waals surface area contributed by atoms with E-state index in [9.17, 15) is 9.59 Å². The number of nitrogens with one attached hydrogen (secondary N) is 2. The first-order chi connectivity index (χ1) is 13.0. The summed E-state index contributed by atoms with van der Waals surface area (Å²) in [5.41, 5.74) is 3.30. The van der Waals surface area contributed by atoms with Gasteiger partial charge in [-0.15, -0.1) is 0 Å². The zero-order chi connectivity index (χ0) is 19.0. The molecule has 0 unspecified atom stereocenters. The number of aryl methyl sites for hydroxylation is 1. The monoisotopic (exact) mass is 382 g/mol. The number of benzene rings is 1. The first-order valence-electron chi connectivity index (χ1n) is 8.83. The molecule has 2 amide bonds. The van der Waals surface area contributed by atoms with Gasteiger partial charge >= 0.3 is 0 Å². The fourth-order valence-electron chi connectivity index (χ4n) is 3.00. The number of anilines is 1. The molecule has 1 fully saturated rings. The zero-order valence-corrected chi connectivity index (χ0v) is 15.6. The minimum Gasteiger partial charge on any atom is -0.353 e. The number of fused-ring (bicyclic) bond motifs is 1. The molecule has 1 saturated carbocycles. The molecule has 6 nitrogen and oxygen atoms in total. The second kappa shape index (κ2) is 7.04. The number of nitrogens with zero attached hydrogens (tertiary/aromatic N) is 2. The number of carbonyl (C=O) groups excluding carboxylic acids is 2. The standard InChI is InChI=1S/C20H19ClN4O2/c1-12-19(25-11-14(21)4-9-17(25)22-12)20(27)24-16-5-2-13(3-6-16)10-18(26)23-15-7-8-15/h2-6,9,11,15H,7-8,10H2,1H3,(H,23,26)(H,24,27). The molecule has 4 rings (SSSR count). The molecule has 2 heterocycles. The lowest BCUT2D eigenvalue weighted by Gasteiger charge is -2.08. The van der Waals surface area contributed by atoms with E-state index in [1.807, 2.05) is 12.1 Å². The predicted octanol–water partition coefficient (Wildman–Crippen LogP) is 3.37. The van der Waals surface area contributed by atoms with Crippen LogP contribution >= 0.6 is 11.6 Å². The minimum absolute atomic E-state index is 0.0347. The van der Waals surface area contributed by atoms with Gasteiger partial charge in [-0.1, -0.05) is 23.7 Å². The van der Waals surface area contributed by atoms with Gasteiger partial charge in [-0.2, -0.15) is 0 Å². The SMILES string of the molecule is Cc1nc2ccc(Cl)cn2c1C(=O)Nc1ccc(CC(=O)NC2CC2)cc1. The Morgan fingerprint density at radius 3 is 2.63 bits per heavy atom. The van der Waals surface area contributed by atoms with Gasteiger partial charge in [0.1, 0.15) is 11.3 Å². The quantitative estimate of drug-likeness (QED) is 0.710. The second-order valence-electron chi connectivity index (χ2n) is 6.79. The van der Waals surface area contributed by atoms with Crippen LogP contribution in [0.1, 0.15) is 34.6 Å². The van der Waals surface area contributed by atoms with Gasteiger partial charge < -0.3 is 10.6 Å². The molecular formula is C20H19ClN4O2. The summed E-state index contributed by atoms with van der Waals surface area (Å²) < 4.78 is 1.68. The van der Waals surface area contributed by atoms with E-state index in [-0.39, 0.29) is 11.8 Å². The average molecular weight is 383 g/mol. The van der Waals surface area contributed by atoms with Crippen LogP contribution in [0.2, 0.25) is 5.02 Å². The van der Waals surface area contributed by atoms with Gasteiger partial charge in [0, 0.05) is 17.9 Å². The molecule has 0 atom stereocenters. The van der Waals surface area contributed by atoms with E-state index >= 15 is 0 Å². The van der Waals surface area contributed by atoms with Crippen molar-refractivity contribution < 1.29 is 9.59 Å². The van der Waals surface area contributed by atoms with Crippen molar-refractivity contribution in [2.45, 2.75) is 32.2 Å². The Hall–Kier alpha value is -2.86. The first-order valence-corrected chi connectivity index (χ1v) is 9.21. The van der Waals surface area contributed by atoms with Crippen molar-refractivity contribution in [1.29, 1.82) is 0 Å². The normalized spacial score (nSPS) is 13.6. The molecule has 0 spiro atoms. The van der Waals surface area contributed by atoms with E-state index in [0.717, 1.165) is 18.4 Å². The van der Waals surface area contributed by atoms with E-state index < -0.39 is 0 Å². The minimum atomic E-state index is -0.263. The molecule has 0 aliphatic heterocycles. The summed E-state index contributed by atoms with van der Waals surface area (Å²) in [4.78, 5) is 29.0. The molecule has 1 aliphatic rings. The summed E-state index contributed by atoms with van der Waals surface area (Å²) in [6.07, 6.45) is 4.16. The summed E-state index contributed by atoms with van der Waals surface area (Å²) in [5.74, 6) is -0.228. The number of imidazole rings is 1. The van der Waals surface area contributed by atoms with E-state index in [2.05, 4.69) is 15.6 Å². The summed E-state index contributed by atoms with van der Waals surface area (Å²) in [6, 6.07) is 11.2. The van der Waals surface area contributed by atoms with Crippen molar-refractivity contribution in [3.05, 3.63) is 64.6 Å². The van der Waals surface area contributed by atoms with Gasteiger partial charge in [0.25, 0.3) is 5.91 Å². The molecule has 2 aromatic heterocycles. The molecule has 2 N–H and O–H groups in total. The van der Waals surface area contributed by atoms with Crippen molar-refractivity contribution in [1.82, 2.24) is 14.7 Å². The van der Waals surface area contributed by atoms with Crippen LogP contribution < -0.4 is 10.6 Å². The predicted molar refractivity (Wildman–Crippen MR) is 104 cm³/mol. The zero-order valence-electron chi connectivity index (χ0n) is 14.8. The lowest BCUT2D eigenvalue weighted by molar-refractivity contribution is -0.120. The fraction of sp³-hybridized carbons (Fsp3) is 0.250. The maximum Gasteiger partial charge on any atom is 0.274 e. The molecule has 0 radical (unpaired) electrons. The number of halogens is 1. The number of hydrogen-bond donors (Lipinski definition) is 2. The number of amides is 2. The van der Waals surface area contributed by atoms with Gasteiger partial charge in [0.2, 0.25) is 5.91 Å². The Kier molecular flexibility index (Phi) is 4.58. The lowest BCUT2D eigenvalue weighted by Crippen LogP contribution is -2.26. The van der Waals surface area contributed by atoms with Gasteiger partial charge in [-0.25, -0.2) is 4.98 Å². The van der Waals surface area contributed by atoms with Crippen LogP contribution in [-0.4, -0.2) is 27.2 Å². The van der Waals surface area contributed by atoms with Crippen molar-refractivity contribution in [3.8, 4) is 0 Å². The number of rotatable bonds is 5. The van der Waals surface area contributed by atoms with Crippen molar-refractivity contribution >= 4 is 34.7 Å². The van der Waals surface area contributed by atoms with Crippen LogP contribution in [0.15, 0.2) is 42.6 Å². The highest BCUT2D eigenvalue weighted by molar-refractivity contribution is 6.30. The lowest BCUT2D eigenvalue weighted by atomic mass is 10.1. The molecule has 27 heavy (non-hydrogen) atoms. The van der Waals surface area contributed by atoms with Crippen LogP contribution in [0.4, 0.5) is 5.69 Å². The van der Waals surface area contributed by atoms with E-state index in [0.29, 0.717) is 40.2 Å². The number of aromatic nitrogens is 2. The number of pyridine rings is 1. The Bertz CT molecular complexity index is 1020.